The standard InChI is InChI=1S/C20H15ClF3N3O3/c21-13-3-6-15-16(7-13)29-9-11-8-26(25-18(11)15)19(28)27(17-10-30-17)14-4-1-12(2-5-14)20(22,23)24/h1-7,11,17H,8-10H2/t11?,17-/m1/s1. The second-order valence-electron chi connectivity index (χ2n) is 7.20. The molecule has 3 aliphatic heterocycles. The van der Waals surface area contributed by atoms with E-state index in [1.165, 1.54) is 22.0 Å². The van der Waals surface area contributed by atoms with Gasteiger partial charge in [0.2, 0.25) is 0 Å². The van der Waals surface area contributed by atoms with Gasteiger partial charge >= 0.3 is 12.2 Å². The van der Waals surface area contributed by atoms with Crippen molar-refractivity contribution in [3.05, 3.63) is 58.6 Å². The molecule has 156 valence electrons. The van der Waals surface area contributed by atoms with Crippen molar-refractivity contribution in [2.45, 2.75) is 12.4 Å². The molecule has 1 unspecified atom stereocenters. The van der Waals surface area contributed by atoms with Crippen LogP contribution in [0.3, 0.4) is 0 Å². The third-order valence-corrected chi connectivity index (χ3v) is 5.41. The van der Waals surface area contributed by atoms with Crippen molar-refractivity contribution in [2.75, 3.05) is 24.7 Å². The van der Waals surface area contributed by atoms with Gasteiger partial charge in [-0.1, -0.05) is 11.6 Å². The minimum atomic E-state index is -4.45. The molecular formula is C20H15ClF3N3O3. The Morgan fingerprint density at radius 1 is 1.17 bits per heavy atom. The van der Waals surface area contributed by atoms with E-state index < -0.39 is 24.0 Å². The quantitative estimate of drug-likeness (QED) is 0.655. The summed E-state index contributed by atoms with van der Waals surface area (Å²) >= 11 is 6.01. The maximum absolute atomic E-state index is 13.2. The summed E-state index contributed by atoms with van der Waals surface area (Å²) in [6, 6.07) is 9.18. The number of amides is 2. The first-order valence-electron chi connectivity index (χ1n) is 9.22. The third kappa shape index (κ3) is 3.37. The minimum absolute atomic E-state index is 0.0998. The topological polar surface area (TPSA) is 57.7 Å². The van der Waals surface area contributed by atoms with Gasteiger partial charge in [-0.05, 0) is 42.5 Å². The Hall–Kier alpha value is -2.78. The highest BCUT2D eigenvalue weighted by Gasteiger charge is 2.42. The Bertz CT molecular complexity index is 1040. The van der Waals surface area contributed by atoms with E-state index in [1.807, 2.05) is 0 Å². The maximum Gasteiger partial charge on any atom is 0.416 e. The molecule has 30 heavy (non-hydrogen) atoms. The summed E-state index contributed by atoms with van der Waals surface area (Å²) in [7, 11) is 0. The normalized spacial score (nSPS) is 22.0. The SMILES string of the molecule is O=C(N1CC2COc3cc(Cl)ccc3C2=N1)N(c1ccc(C(F)(F)F)cc1)[C@H]1CO1. The number of hydrogen-bond acceptors (Lipinski definition) is 4. The van der Waals surface area contributed by atoms with Gasteiger partial charge in [-0.2, -0.15) is 18.3 Å². The lowest BCUT2D eigenvalue weighted by Gasteiger charge is -2.25. The molecule has 2 atom stereocenters. The fourth-order valence-corrected chi connectivity index (χ4v) is 3.78. The Kier molecular flexibility index (Phi) is 4.41. The van der Waals surface area contributed by atoms with Gasteiger partial charge in [-0.25, -0.2) is 9.80 Å². The zero-order valence-corrected chi connectivity index (χ0v) is 16.2. The van der Waals surface area contributed by atoms with Crippen LogP contribution in [0.2, 0.25) is 5.02 Å². The van der Waals surface area contributed by atoms with E-state index in [2.05, 4.69) is 5.10 Å². The fourth-order valence-electron chi connectivity index (χ4n) is 3.62. The lowest BCUT2D eigenvalue weighted by Crippen LogP contribution is -2.43. The Morgan fingerprint density at radius 2 is 1.90 bits per heavy atom. The first-order valence-corrected chi connectivity index (χ1v) is 9.60. The molecule has 0 N–H and O–H groups in total. The largest absolute Gasteiger partial charge is 0.492 e. The molecular weight excluding hydrogens is 423 g/mol. The third-order valence-electron chi connectivity index (χ3n) is 5.17. The lowest BCUT2D eigenvalue weighted by atomic mass is 9.95. The maximum atomic E-state index is 13.2. The van der Waals surface area contributed by atoms with Gasteiger partial charge in [-0.15, -0.1) is 0 Å². The molecule has 0 aromatic heterocycles. The van der Waals surface area contributed by atoms with Crippen LogP contribution in [0.4, 0.5) is 23.7 Å². The Balaban J connectivity index is 1.43. The number of halogens is 4. The number of rotatable bonds is 2. The zero-order valence-electron chi connectivity index (χ0n) is 15.4. The molecule has 2 aromatic carbocycles. The summed E-state index contributed by atoms with van der Waals surface area (Å²) in [5.41, 5.74) is 1.03. The number of urea groups is 1. The van der Waals surface area contributed by atoms with Crippen LogP contribution in [0.15, 0.2) is 47.6 Å². The summed E-state index contributed by atoms with van der Waals surface area (Å²) in [5.74, 6) is 0.508. The summed E-state index contributed by atoms with van der Waals surface area (Å²) in [5, 5.41) is 6.35. The molecule has 1 fully saturated rings. The molecule has 3 aliphatic rings. The second-order valence-corrected chi connectivity index (χ2v) is 7.64. The number of carbonyl (C=O) groups is 1. The minimum Gasteiger partial charge on any atom is -0.492 e. The number of hydrazone groups is 1. The van der Waals surface area contributed by atoms with E-state index >= 15 is 0 Å². The molecule has 0 radical (unpaired) electrons. The number of alkyl halides is 3. The van der Waals surface area contributed by atoms with E-state index in [4.69, 9.17) is 21.1 Å². The first kappa shape index (κ1) is 19.2. The Morgan fingerprint density at radius 3 is 2.57 bits per heavy atom. The number of nitrogens with zero attached hydrogens (tertiary/aromatic N) is 3. The van der Waals surface area contributed by atoms with Crippen molar-refractivity contribution in [3.8, 4) is 5.75 Å². The monoisotopic (exact) mass is 437 g/mol. The van der Waals surface area contributed by atoms with Crippen LogP contribution < -0.4 is 9.64 Å². The van der Waals surface area contributed by atoms with E-state index in [0.29, 0.717) is 36.2 Å². The molecule has 2 amide bonds. The molecule has 1 saturated heterocycles. The van der Waals surface area contributed by atoms with E-state index in [1.54, 1.807) is 18.2 Å². The summed E-state index contributed by atoms with van der Waals surface area (Å²) in [4.78, 5) is 14.5. The number of ether oxygens (including phenoxy) is 2. The number of epoxide rings is 1. The van der Waals surface area contributed by atoms with Crippen LogP contribution in [-0.4, -0.2) is 42.7 Å². The van der Waals surface area contributed by atoms with Crippen molar-refractivity contribution in [3.63, 3.8) is 0 Å². The van der Waals surface area contributed by atoms with Crippen molar-refractivity contribution in [1.82, 2.24) is 5.01 Å². The second kappa shape index (κ2) is 6.88. The van der Waals surface area contributed by atoms with E-state index in [9.17, 15) is 18.0 Å². The highest BCUT2D eigenvalue weighted by molar-refractivity contribution is 6.31. The van der Waals surface area contributed by atoms with E-state index in [0.717, 1.165) is 23.4 Å². The van der Waals surface area contributed by atoms with Crippen LogP contribution in [0.5, 0.6) is 5.75 Å². The van der Waals surface area contributed by atoms with Gasteiger partial charge in [0.05, 0.1) is 37.0 Å². The van der Waals surface area contributed by atoms with Gasteiger partial charge < -0.3 is 9.47 Å². The molecule has 0 aliphatic carbocycles. The average molecular weight is 438 g/mol. The average Bonchev–Trinajstić information content (AvgIpc) is 3.44. The van der Waals surface area contributed by atoms with Crippen molar-refractivity contribution in [2.24, 2.45) is 11.0 Å². The van der Waals surface area contributed by atoms with Crippen molar-refractivity contribution in [1.29, 1.82) is 0 Å². The predicted octanol–water partition coefficient (Wildman–Crippen LogP) is 4.37. The van der Waals surface area contributed by atoms with Gasteiger partial charge in [-0.3, -0.25) is 4.90 Å². The number of fused-ring (bicyclic) bond motifs is 3. The summed E-state index contributed by atoms with van der Waals surface area (Å²) < 4.78 is 49.6. The van der Waals surface area contributed by atoms with Crippen LogP contribution in [-0.2, 0) is 10.9 Å². The number of benzene rings is 2. The predicted molar refractivity (Wildman–Crippen MR) is 103 cm³/mol. The van der Waals surface area contributed by atoms with Crippen LogP contribution in [0.1, 0.15) is 11.1 Å². The summed E-state index contributed by atoms with van der Waals surface area (Å²) in [6.07, 6.45) is -4.98. The fraction of sp³-hybridized carbons (Fsp3) is 0.300. The van der Waals surface area contributed by atoms with Crippen molar-refractivity contribution < 1.29 is 27.4 Å². The van der Waals surface area contributed by atoms with Crippen LogP contribution >= 0.6 is 11.6 Å². The highest BCUT2D eigenvalue weighted by atomic mass is 35.5. The molecule has 0 saturated carbocycles. The smallest absolute Gasteiger partial charge is 0.416 e. The molecule has 10 heteroatoms. The van der Waals surface area contributed by atoms with E-state index in [-0.39, 0.29) is 5.92 Å². The van der Waals surface area contributed by atoms with Gasteiger partial charge in [0.25, 0.3) is 0 Å². The molecule has 0 spiro atoms. The number of hydrogen-bond donors (Lipinski definition) is 0. The highest BCUT2D eigenvalue weighted by Crippen LogP contribution is 2.36. The molecule has 6 nitrogen and oxygen atoms in total. The summed E-state index contributed by atoms with van der Waals surface area (Å²) in [6.45, 7) is 0.974. The van der Waals surface area contributed by atoms with Crippen molar-refractivity contribution >= 4 is 29.0 Å². The lowest BCUT2D eigenvalue weighted by molar-refractivity contribution is -0.137. The molecule has 0 bridgehead atoms. The zero-order chi connectivity index (χ0) is 21.0. The first-order chi connectivity index (χ1) is 14.3. The molecule has 3 heterocycles. The van der Waals surface area contributed by atoms with Gasteiger partial charge in [0.1, 0.15) is 5.75 Å². The van der Waals surface area contributed by atoms with Crippen LogP contribution in [0.25, 0.3) is 0 Å². The number of anilines is 1. The Labute approximate surface area is 174 Å². The molecule has 2 aromatic rings. The molecule has 5 rings (SSSR count). The van der Waals surface area contributed by atoms with Gasteiger partial charge in [0, 0.05) is 16.3 Å². The number of carbonyl (C=O) groups excluding carboxylic acids is 1. The van der Waals surface area contributed by atoms with Crippen LogP contribution in [0, 0.1) is 5.92 Å². The van der Waals surface area contributed by atoms with Gasteiger partial charge in [0.15, 0.2) is 6.23 Å².